The van der Waals surface area contributed by atoms with E-state index < -0.39 is 0 Å². The van der Waals surface area contributed by atoms with Crippen LogP contribution in [0.3, 0.4) is 0 Å². The predicted octanol–water partition coefficient (Wildman–Crippen LogP) is 4.17. The van der Waals surface area contributed by atoms with Crippen molar-refractivity contribution in [3.8, 4) is 5.75 Å². The summed E-state index contributed by atoms with van der Waals surface area (Å²) >= 11 is 0. The molecule has 0 bridgehead atoms. The number of methoxy groups -OCH3 is 1. The van der Waals surface area contributed by atoms with E-state index >= 15 is 0 Å². The lowest BCUT2D eigenvalue weighted by Gasteiger charge is -2.05. The summed E-state index contributed by atoms with van der Waals surface area (Å²) in [4.78, 5) is 17.5. The number of aryl methyl sites for hydroxylation is 2. The van der Waals surface area contributed by atoms with E-state index in [9.17, 15) is 4.79 Å². The van der Waals surface area contributed by atoms with Crippen LogP contribution in [0.5, 0.6) is 5.75 Å². The van der Waals surface area contributed by atoms with Crippen molar-refractivity contribution in [2.45, 2.75) is 20.4 Å². The molecule has 27 heavy (non-hydrogen) atoms. The molecule has 2 aromatic heterocycles. The highest BCUT2D eigenvalue weighted by molar-refractivity contribution is 6.09. The molecule has 0 unspecified atom stereocenters. The fourth-order valence-corrected chi connectivity index (χ4v) is 3.19. The SMILES string of the molecule is CCn1nc(NC(=O)c2cccc(OC)c2)c2cc3cccc(C)c3nc21. The highest BCUT2D eigenvalue weighted by Crippen LogP contribution is 2.27. The predicted molar refractivity (Wildman–Crippen MR) is 106 cm³/mol. The van der Waals surface area contributed by atoms with Crippen LogP contribution in [0, 0.1) is 6.92 Å². The molecule has 0 saturated carbocycles. The molecule has 2 aromatic carbocycles. The first kappa shape index (κ1) is 17.0. The maximum absolute atomic E-state index is 12.7. The highest BCUT2D eigenvalue weighted by atomic mass is 16.5. The standard InChI is InChI=1S/C21H20N4O2/c1-4-25-20-17(12-14-8-5-7-13(2)18(14)22-20)19(24-25)23-21(26)15-9-6-10-16(11-15)27-3/h5-12H,4H2,1-3H3,(H,23,24,26). The van der Waals surface area contributed by atoms with Gasteiger partial charge in [0.05, 0.1) is 18.0 Å². The van der Waals surface area contributed by atoms with Gasteiger partial charge in [-0.05, 0) is 43.7 Å². The second-order valence-corrected chi connectivity index (χ2v) is 6.36. The summed E-state index contributed by atoms with van der Waals surface area (Å²) in [6, 6.07) is 15.1. The number of para-hydroxylation sites is 1. The maximum Gasteiger partial charge on any atom is 0.257 e. The van der Waals surface area contributed by atoms with E-state index in [0.717, 1.165) is 27.5 Å². The van der Waals surface area contributed by atoms with Crippen molar-refractivity contribution in [1.82, 2.24) is 14.8 Å². The first-order valence-electron chi connectivity index (χ1n) is 8.83. The fourth-order valence-electron chi connectivity index (χ4n) is 3.19. The van der Waals surface area contributed by atoms with Crippen LogP contribution in [-0.4, -0.2) is 27.8 Å². The number of anilines is 1. The van der Waals surface area contributed by atoms with Gasteiger partial charge in [0, 0.05) is 17.5 Å². The van der Waals surface area contributed by atoms with E-state index in [2.05, 4.69) is 10.4 Å². The van der Waals surface area contributed by atoms with E-state index in [4.69, 9.17) is 9.72 Å². The lowest BCUT2D eigenvalue weighted by atomic mass is 10.1. The van der Waals surface area contributed by atoms with Crippen molar-refractivity contribution < 1.29 is 9.53 Å². The lowest BCUT2D eigenvalue weighted by molar-refractivity contribution is 0.102. The minimum atomic E-state index is -0.235. The van der Waals surface area contributed by atoms with Gasteiger partial charge in [-0.3, -0.25) is 4.79 Å². The largest absolute Gasteiger partial charge is 0.497 e. The second-order valence-electron chi connectivity index (χ2n) is 6.36. The zero-order valence-electron chi connectivity index (χ0n) is 15.5. The molecule has 0 fully saturated rings. The molecule has 2 heterocycles. The molecule has 0 aliphatic rings. The third-order valence-corrected chi connectivity index (χ3v) is 4.61. The highest BCUT2D eigenvalue weighted by Gasteiger charge is 2.16. The summed E-state index contributed by atoms with van der Waals surface area (Å²) in [7, 11) is 1.58. The number of nitrogens with zero attached hydrogens (tertiary/aromatic N) is 3. The van der Waals surface area contributed by atoms with Crippen molar-refractivity contribution in [2.24, 2.45) is 0 Å². The number of carbonyl (C=O) groups is 1. The van der Waals surface area contributed by atoms with Crippen molar-refractivity contribution in [1.29, 1.82) is 0 Å². The number of fused-ring (bicyclic) bond motifs is 2. The van der Waals surface area contributed by atoms with Crippen LogP contribution in [0.15, 0.2) is 48.5 Å². The fraction of sp³-hybridized carbons (Fsp3) is 0.190. The zero-order chi connectivity index (χ0) is 19.0. The molecule has 0 saturated heterocycles. The first-order chi connectivity index (χ1) is 13.1. The molecule has 6 nitrogen and oxygen atoms in total. The first-order valence-corrected chi connectivity index (χ1v) is 8.83. The van der Waals surface area contributed by atoms with Gasteiger partial charge in [0.15, 0.2) is 11.5 Å². The Morgan fingerprint density at radius 1 is 1.19 bits per heavy atom. The Hall–Kier alpha value is -3.41. The Kier molecular flexibility index (Phi) is 4.24. The van der Waals surface area contributed by atoms with E-state index in [1.54, 1.807) is 31.4 Å². The summed E-state index contributed by atoms with van der Waals surface area (Å²) in [5, 5.41) is 9.33. The molecular weight excluding hydrogens is 340 g/mol. The molecule has 6 heteroatoms. The number of carbonyl (C=O) groups excluding carboxylic acids is 1. The van der Waals surface area contributed by atoms with Crippen LogP contribution in [0.1, 0.15) is 22.8 Å². The van der Waals surface area contributed by atoms with Crippen molar-refractivity contribution >= 4 is 33.7 Å². The Balaban J connectivity index is 1.80. The molecule has 1 amide bonds. The number of benzene rings is 2. The van der Waals surface area contributed by atoms with Crippen molar-refractivity contribution in [2.75, 3.05) is 12.4 Å². The molecular formula is C21H20N4O2. The minimum absolute atomic E-state index is 0.235. The zero-order valence-corrected chi connectivity index (χ0v) is 15.5. The van der Waals surface area contributed by atoms with Crippen LogP contribution in [0.25, 0.3) is 21.9 Å². The van der Waals surface area contributed by atoms with Gasteiger partial charge in [0.2, 0.25) is 0 Å². The van der Waals surface area contributed by atoms with Gasteiger partial charge in [0.1, 0.15) is 5.75 Å². The van der Waals surface area contributed by atoms with Gasteiger partial charge in [-0.15, -0.1) is 0 Å². The summed E-state index contributed by atoms with van der Waals surface area (Å²) in [5.41, 5.74) is 3.34. The molecule has 1 N–H and O–H groups in total. The van der Waals surface area contributed by atoms with Gasteiger partial charge in [-0.25, -0.2) is 9.67 Å². The number of ether oxygens (including phenoxy) is 1. The molecule has 0 spiro atoms. The van der Waals surface area contributed by atoms with Crippen LogP contribution >= 0.6 is 0 Å². The van der Waals surface area contributed by atoms with Crippen molar-refractivity contribution in [3.05, 3.63) is 59.7 Å². The van der Waals surface area contributed by atoms with Crippen molar-refractivity contribution in [3.63, 3.8) is 0 Å². The Morgan fingerprint density at radius 3 is 2.78 bits per heavy atom. The number of hydrogen-bond acceptors (Lipinski definition) is 4. The average molecular weight is 360 g/mol. The Bertz CT molecular complexity index is 1160. The lowest BCUT2D eigenvalue weighted by Crippen LogP contribution is -2.13. The van der Waals surface area contributed by atoms with E-state index in [-0.39, 0.29) is 5.91 Å². The smallest absolute Gasteiger partial charge is 0.257 e. The molecule has 4 aromatic rings. The molecule has 136 valence electrons. The number of amides is 1. The van der Waals surface area contributed by atoms with E-state index in [1.165, 1.54) is 0 Å². The summed E-state index contributed by atoms with van der Waals surface area (Å²) in [6.45, 7) is 4.71. The molecule has 0 radical (unpaired) electrons. The van der Waals surface area contributed by atoms with Gasteiger partial charge in [0.25, 0.3) is 5.91 Å². The monoisotopic (exact) mass is 360 g/mol. The minimum Gasteiger partial charge on any atom is -0.497 e. The second kappa shape index (κ2) is 6.72. The Morgan fingerprint density at radius 2 is 2.00 bits per heavy atom. The maximum atomic E-state index is 12.7. The molecule has 0 aliphatic heterocycles. The normalized spacial score (nSPS) is 11.1. The number of nitrogens with one attached hydrogen (secondary N) is 1. The summed E-state index contributed by atoms with van der Waals surface area (Å²) < 4.78 is 7.00. The molecule has 0 aliphatic carbocycles. The van der Waals surface area contributed by atoms with Gasteiger partial charge < -0.3 is 10.1 Å². The van der Waals surface area contributed by atoms with Gasteiger partial charge >= 0.3 is 0 Å². The van der Waals surface area contributed by atoms with E-state index in [1.807, 2.05) is 42.8 Å². The summed E-state index contributed by atoms with van der Waals surface area (Å²) in [6.07, 6.45) is 0. The molecule has 0 atom stereocenters. The Labute approximate surface area is 156 Å². The van der Waals surface area contributed by atoms with Crippen LogP contribution in [0.4, 0.5) is 5.82 Å². The average Bonchev–Trinajstić information content (AvgIpc) is 3.03. The number of hydrogen-bond donors (Lipinski definition) is 1. The number of pyridine rings is 1. The third-order valence-electron chi connectivity index (χ3n) is 4.61. The van der Waals surface area contributed by atoms with Crippen LogP contribution in [0.2, 0.25) is 0 Å². The van der Waals surface area contributed by atoms with E-state index in [0.29, 0.717) is 23.7 Å². The van der Waals surface area contributed by atoms with Gasteiger partial charge in [-0.1, -0.05) is 24.3 Å². The van der Waals surface area contributed by atoms with Gasteiger partial charge in [-0.2, -0.15) is 5.10 Å². The van der Waals surface area contributed by atoms with Crippen LogP contribution < -0.4 is 10.1 Å². The third kappa shape index (κ3) is 2.99. The molecule has 4 rings (SSSR count). The summed E-state index contributed by atoms with van der Waals surface area (Å²) in [5.74, 6) is 0.909. The quantitative estimate of drug-likeness (QED) is 0.593. The van der Waals surface area contributed by atoms with Crippen LogP contribution in [-0.2, 0) is 6.54 Å². The topological polar surface area (TPSA) is 69.0 Å². The number of rotatable bonds is 4. The number of aromatic nitrogens is 3.